The van der Waals surface area contributed by atoms with Crippen molar-refractivity contribution in [1.29, 1.82) is 0 Å². The van der Waals surface area contributed by atoms with Crippen molar-refractivity contribution in [3.8, 4) is 0 Å². The van der Waals surface area contributed by atoms with Gasteiger partial charge < -0.3 is 10.2 Å². The van der Waals surface area contributed by atoms with Gasteiger partial charge in [-0.05, 0) is 33.0 Å². The second-order valence-corrected chi connectivity index (χ2v) is 6.64. The van der Waals surface area contributed by atoms with Gasteiger partial charge in [0, 0.05) is 18.3 Å². The van der Waals surface area contributed by atoms with E-state index in [-0.39, 0.29) is 5.75 Å². The number of sulfone groups is 1. The third kappa shape index (κ3) is 4.49. The smallest absolute Gasteiger partial charge is 0.150 e. The molecule has 1 unspecified atom stereocenters. The first kappa shape index (κ1) is 12.9. The summed E-state index contributed by atoms with van der Waals surface area (Å²) in [4.78, 5) is 2.34. The molecular formula is C10H22N2O2S. The first-order valence-corrected chi connectivity index (χ1v) is 7.49. The van der Waals surface area contributed by atoms with Gasteiger partial charge in [-0.25, -0.2) is 8.42 Å². The summed E-state index contributed by atoms with van der Waals surface area (Å²) in [5, 5.41) is 3.25. The first-order chi connectivity index (χ1) is 7.07. The average molecular weight is 234 g/mol. The number of likely N-dealkylation sites (tertiary alicyclic amines) is 1. The molecule has 1 saturated heterocycles. The number of likely N-dealkylation sites (N-methyl/N-ethyl adjacent to an activating group) is 1. The van der Waals surface area contributed by atoms with Gasteiger partial charge in [-0.15, -0.1) is 0 Å². The lowest BCUT2D eigenvalue weighted by atomic mass is 10.3. The largest absolute Gasteiger partial charge is 0.316 e. The van der Waals surface area contributed by atoms with Crippen LogP contribution >= 0.6 is 0 Å². The Morgan fingerprint density at radius 3 is 2.73 bits per heavy atom. The molecule has 1 aliphatic rings. The Hall–Kier alpha value is -0.130. The van der Waals surface area contributed by atoms with E-state index in [2.05, 4.69) is 10.2 Å². The normalized spacial score (nSPS) is 23.5. The molecule has 0 aliphatic carbocycles. The van der Waals surface area contributed by atoms with Crippen LogP contribution in [0.1, 0.15) is 19.8 Å². The van der Waals surface area contributed by atoms with Gasteiger partial charge in [-0.2, -0.15) is 0 Å². The van der Waals surface area contributed by atoms with E-state index in [4.69, 9.17) is 0 Å². The second kappa shape index (κ2) is 5.82. The minimum atomic E-state index is -2.77. The Bertz CT molecular complexity index is 277. The third-order valence-electron chi connectivity index (χ3n) is 3.05. The summed E-state index contributed by atoms with van der Waals surface area (Å²) in [6.45, 7) is 4.78. The van der Waals surface area contributed by atoms with E-state index in [0.717, 1.165) is 26.1 Å². The molecule has 0 aromatic heterocycles. The topological polar surface area (TPSA) is 49.4 Å². The van der Waals surface area contributed by atoms with Crippen molar-refractivity contribution in [3.05, 3.63) is 0 Å². The molecule has 15 heavy (non-hydrogen) atoms. The molecule has 1 fully saturated rings. The number of nitrogens with one attached hydrogen (secondary N) is 1. The molecule has 90 valence electrons. The van der Waals surface area contributed by atoms with Gasteiger partial charge in [0.05, 0.1) is 5.75 Å². The van der Waals surface area contributed by atoms with Crippen LogP contribution in [-0.4, -0.2) is 57.5 Å². The maximum atomic E-state index is 11.3. The molecule has 0 radical (unpaired) electrons. The van der Waals surface area contributed by atoms with Gasteiger partial charge in [-0.3, -0.25) is 0 Å². The Kier molecular flexibility index (Phi) is 5.02. The molecule has 5 heteroatoms. The molecule has 0 saturated carbocycles. The van der Waals surface area contributed by atoms with Crippen molar-refractivity contribution in [3.63, 3.8) is 0 Å². The van der Waals surface area contributed by atoms with Gasteiger partial charge in [0.15, 0.2) is 0 Å². The van der Waals surface area contributed by atoms with Crippen LogP contribution < -0.4 is 5.32 Å². The van der Waals surface area contributed by atoms with E-state index in [1.165, 1.54) is 6.42 Å². The first-order valence-electron chi connectivity index (χ1n) is 5.67. The number of nitrogens with zero attached hydrogens (tertiary/aromatic N) is 1. The predicted octanol–water partition coefficient (Wildman–Crippen LogP) is 0.105. The van der Waals surface area contributed by atoms with Crippen LogP contribution in [0.4, 0.5) is 0 Å². The van der Waals surface area contributed by atoms with Crippen molar-refractivity contribution in [2.75, 3.05) is 38.2 Å². The lowest BCUT2D eigenvalue weighted by Crippen LogP contribution is -2.30. The maximum absolute atomic E-state index is 11.3. The zero-order chi connectivity index (χ0) is 11.3. The number of rotatable bonds is 6. The molecule has 1 aliphatic heterocycles. The summed E-state index contributed by atoms with van der Waals surface area (Å²) in [5.74, 6) is 0.608. The van der Waals surface area contributed by atoms with E-state index in [1.807, 2.05) is 7.05 Å². The highest BCUT2D eigenvalue weighted by Crippen LogP contribution is 2.09. The third-order valence-corrected chi connectivity index (χ3v) is 4.84. The van der Waals surface area contributed by atoms with Crippen LogP contribution in [0.5, 0.6) is 0 Å². The van der Waals surface area contributed by atoms with Crippen LogP contribution in [0.15, 0.2) is 0 Å². The molecule has 0 aromatic carbocycles. The highest BCUT2D eigenvalue weighted by Gasteiger charge is 2.20. The van der Waals surface area contributed by atoms with E-state index in [1.54, 1.807) is 6.92 Å². The standard InChI is InChI=1S/C10H22N2O2S/c1-3-15(13,14)8-4-6-12-7-5-10(9-12)11-2/h10-11H,3-9H2,1-2H3. The summed E-state index contributed by atoms with van der Waals surface area (Å²) in [5.41, 5.74) is 0. The van der Waals surface area contributed by atoms with Crippen molar-refractivity contribution in [1.82, 2.24) is 10.2 Å². The van der Waals surface area contributed by atoms with E-state index in [9.17, 15) is 8.42 Å². The van der Waals surface area contributed by atoms with Crippen LogP contribution in [0, 0.1) is 0 Å². The Morgan fingerprint density at radius 2 is 2.20 bits per heavy atom. The fourth-order valence-electron chi connectivity index (χ4n) is 1.92. The Balaban J connectivity index is 2.17. The molecule has 1 atom stereocenters. The molecule has 0 amide bonds. The van der Waals surface area contributed by atoms with Crippen LogP contribution in [-0.2, 0) is 9.84 Å². The monoisotopic (exact) mass is 234 g/mol. The fourth-order valence-corrected chi connectivity index (χ4v) is 2.78. The van der Waals surface area contributed by atoms with Crippen LogP contribution in [0.25, 0.3) is 0 Å². The lowest BCUT2D eigenvalue weighted by Gasteiger charge is -2.15. The van der Waals surface area contributed by atoms with Crippen LogP contribution in [0.3, 0.4) is 0 Å². The molecule has 1 rings (SSSR count). The Labute approximate surface area is 93.0 Å². The summed E-state index contributed by atoms with van der Waals surface area (Å²) >= 11 is 0. The van der Waals surface area contributed by atoms with Gasteiger partial charge in [0.1, 0.15) is 9.84 Å². The van der Waals surface area contributed by atoms with Gasteiger partial charge >= 0.3 is 0 Å². The second-order valence-electron chi connectivity index (χ2n) is 4.16. The fraction of sp³-hybridized carbons (Fsp3) is 1.00. The summed E-state index contributed by atoms with van der Waals surface area (Å²) in [6.07, 6.45) is 1.95. The molecule has 1 heterocycles. The van der Waals surface area contributed by atoms with E-state index >= 15 is 0 Å². The summed E-state index contributed by atoms with van der Waals surface area (Å²) in [6, 6.07) is 0.591. The molecular weight excluding hydrogens is 212 g/mol. The molecule has 0 spiro atoms. The quantitative estimate of drug-likeness (QED) is 0.708. The molecule has 0 bridgehead atoms. The van der Waals surface area contributed by atoms with Gasteiger partial charge in [0.25, 0.3) is 0 Å². The highest BCUT2D eigenvalue weighted by atomic mass is 32.2. The predicted molar refractivity (Wildman–Crippen MR) is 62.8 cm³/mol. The molecule has 0 aromatic rings. The van der Waals surface area contributed by atoms with Gasteiger partial charge in [0.2, 0.25) is 0 Å². The molecule has 4 nitrogen and oxygen atoms in total. The van der Waals surface area contributed by atoms with Gasteiger partial charge in [-0.1, -0.05) is 6.92 Å². The summed E-state index contributed by atoms with van der Waals surface area (Å²) in [7, 11) is -0.791. The van der Waals surface area contributed by atoms with E-state index in [0.29, 0.717) is 11.8 Å². The van der Waals surface area contributed by atoms with Crippen molar-refractivity contribution < 1.29 is 8.42 Å². The maximum Gasteiger partial charge on any atom is 0.150 e. The average Bonchev–Trinajstić information content (AvgIpc) is 2.66. The van der Waals surface area contributed by atoms with Crippen LogP contribution in [0.2, 0.25) is 0 Å². The lowest BCUT2D eigenvalue weighted by molar-refractivity contribution is 0.331. The minimum Gasteiger partial charge on any atom is -0.316 e. The van der Waals surface area contributed by atoms with E-state index < -0.39 is 9.84 Å². The number of hydrogen-bond acceptors (Lipinski definition) is 4. The summed E-state index contributed by atoms with van der Waals surface area (Å²) < 4.78 is 22.5. The van der Waals surface area contributed by atoms with Crippen molar-refractivity contribution in [2.24, 2.45) is 0 Å². The SMILES string of the molecule is CCS(=O)(=O)CCCN1CCC(NC)C1. The van der Waals surface area contributed by atoms with Crippen molar-refractivity contribution in [2.45, 2.75) is 25.8 Å². The number of hydrogen-bond donors (Lipinski definition) is 1. The Morgan fingerprint density at radius 1 is 1.47 bits per heavy atom. The minimum absolute atomic E-state index is 0.270. The zero-order valence-electron chi connectivity index (χ0n) is 9.70. The van der Waals surface area contributed by atoms with Crippen molar-refractivity contribution >= 4 is 9.84 Å². The highest BCUT2D eigenvalue weighted by molar-refractivity contribution is 7.91. The molecule has 1 N–H and O–H groups in total. The zero-order valence-corrected chi connectivity index (χ0v) is 10.5.